The molecule has 1 rings (SSSR count). The lowest BCUT2D eigenvalue weighted by atomic mass is 9.72. The molecule has 0 aromatic carbocycles. The van der Waals surface area contributed by atoms with Gasteiger partial charge in [-0.2, -0.15) is 0 Å². The maximum atomic E-state index is 12.2. The Hall–Kier alpha value is -0.950. The van der Waals surface area contributed by atoms with Gasteiger partial charge in [0.2, 0.25) is 0 Å². The van der Waals surface area contributed by atoms with E-state index in [0.717, 1.165) is 6.42 Å². The molecule has 1 heterocycles. The Labute approximate surface area is 167 Å². The molecule has 1 aliphatic heterocycles. The van der Waals surface area contributed by atoms with Gasteiger partial charge in [-0.1, -0.05) is 79.4 Å². The van der Waals surface area contributed by atoms with Gasteiger partial charge in [0.15, 0.2) is 0 Å². The van der Waals surface area contributed by atoms with Crippen molar-refractivity contribution in [1.82, 2.24) is 0 Å². The van der Waals surface area contributed by atoms with Gasteiger partial charge in [0.1, 0.15) is 0 Å². The SMILES string of the molecule is C/C(=C\CC(C)(C)P(C)/C(C)=C/C(C1CC(=O)OC1=O)C(C)(C)C)C(C)C. The van der Waals surface area contributed by atoms with Crippen LogP contribution in [0.25, 0.3) is 0 Å². The van der Waals surface area contributed by atoms with E-state index in [4.69, 9.17) is 4.74 Å². The van der Waals surface area contributed by atoms with E-state index >= 15 is 0 Å². The number of carbonyl (C=O) groups excluding carboxylic acids is 2. The van der Waals surface area contributed by atoms with Gasteiger partial charge in [-0.3, -0.25) is 9.59 Å². The van der Waals surface area contributed by atoms with E-state index in [1.807, 2.05) is 0 Å². The van der Waals surface area contributed by atoms with Crippen LogP contribution in [0.15, 0.2) is 23.0 Å². The van der Waals surface area contributed by atoms with Crippen LogP contribution < -0.4 is 0 Å². The second kappa shape index (κ2) is 9.03. The molecule has 0 aromatic heterocycles. The van der Waals surface area contributed by atoms with Crippen LogP contribution >= 0.6 is 7.92 Å². The summed E-state index contributed by atoms with van der Waals surface area (Å²) in [5, 5.41) is 1.53. The van der Waals surface area contributed by atoms with Crippen molar-refractivity contribution < 1.29 is 14.3 Å². The van der Waals surface area contributed by atoms with Gasteiger partial charge in [0.05, 0.1) is 12.3 Å². The van der Waals surface area contributed by atoms with Crippen LogP contribution in [0, 0.1) is 23.2 Å². The molecule has 0 saturated carbocycles. The standard InChI is InChI=1S/C23H39O3P/c1-15(2)16(3)11-12-23(8,9)27(10)17(4)13-19(22(5,6)7)18-14-20(24)26-21(18)25/h11,13,15,18-19H,12,14H2,1-10H3/b16-11+,17-13+. The van der Waals surface area contributed by atoms with Crippen molar-refractivity contribution in [2.24, 2.45) is 23.2 Å². The molecule has 0 aliphatic carbocycles. The van der Waals surface area contributed by atoms with Gasteiger partial charge >= 0.3 is 11.9 Å². The number of esters is 2. The highest BCUT2D eigenvalue weighted by Crippen LogP contribution is 2.56. The first-order valence-electron chi connectivity index (χ1n) is 10.00. The molecule has 0 aromatic rings. The van der Waals surface area contributed by atoms with Crippen molar-refractivity contribution in [3.05, 3.63) is 23.0 Å². The summed E-state index contributed by atoms with van der Waals surface area (Å²) in [6.45, 7) is 22.3. The summed E-state index contributed by atoms with van der Waals surface area (Å²) >= 11 is 0. The van der Waals surface area contributed by atoms with Crippen molar-refractivity contribution in [1.29, 1.82) is 0 Å². The van der Waals surface area contributed by atoms with E-state index in [2.05, 4.69) is 81.1 Å². The zero-order valence-corrected chi connectivity index (χ0v) is 19.9. The first-order valence-corrected chi connectivity index (χ1v) is 11.8. The second-order valence-electron chi connectivity index (χ2n) is 9.98. The normalized spacial score (nSPS) is 22.3. The van der Waals surface area contributed by atoms with E-state index < -0.39 is 5.97 Å². The quantitative estimate of drug-likeness (QED) is 0.213. The lowest BCUT2D eigenvalue weighted by Gasteiger charge is -2.36. The van der Waals surface area contributed by atoms with E-state index in [9.17, 15) is 9.59 Å². The van der Waals surface area contributed by atoms with Crippen LogP contribution in [0.1, 0.15) is 75.2 Å². The van der Waals surface area contributed by atoms with Gasteiger partial charge in [0.25, 0.3) is 0 Å². The summed E-state index contributed by atoms with van der Waals surface area (Å²) in [5.74, 6) is -0.526. The molecule has 0 spiro atoms. The third-order valence-corrected chi connectivity index (χ3v) is 9.24. The molecule has 0 N–H and O–H groups in total. The molecule has 27 heavy (non-hydrogen) atoms. The van der Waals surface area contributed by atoms with Crippen molar-refractivity contribution in [3.8, 4) is 0 Å². The lowest BCUT2D eigenvalue weighted by molar-refractivity contribution is -0.153. The van der Waals surface area contributed by atoms with Crippen LogP contribution in [-0.2, 0) is 14.3 Å². The van der Waals surface area contributed by atoms with Gasteiger partial charge in [-0.25, -0.2) is 0 Å². The van der Waals surface area contributed by atoms with Crippen LogP contribution in [-0.4, -0.2) is 23.8 Å². The van der Waals surface area contributed by atoms with E-state index in [1.165, 1.54) is 10.9 Å². The van der Waals surface area contributed by atoms with Crippen molar-refractivity contribution in [2.75, 3.05) is 6.66 Å². The molecule has 3 atom stereocenters. The molecule has 3 nitrogen and oxygen atoms in total. The minimum atomic E-state index is -0.390. The number of hydrogen-bond acceptors (Lipinski definition) is 3. The minimum absolute atomic E-state index is 0.00476. The summed E-state index contributed by atoms with van der Waals surface area (Å²) < 4.78 is 4.84. The maximum absolute atomic E-state index is 12.2. The molecule has 154 valence electrons. The van der Waals surface area contributed by atoms with E-state index in [0.29, 0.717) is 5.92 Å². The largest absolute Gasteiger partial charge is 0.393 e. The molecular weight excluding hydrogens is 355 g/mol. The van der Waals surface area contributed by atoms with Crippen LogP contribution in [0.4, 0.5) is 0 Å². The molecule has 3 unspecified atom stereocenters. The number of hydrogen-bond donors (Lipinski definition) is 0. The van der Waals surface area contributed by atoms with Gasteiger partial charge < -0.3 is 4.74 Å². The van der Waals surface area contributed by atoms with Crippen LogP contribution in [0.5, 0.6) is 0 Å². The highest BCUT2D eigenvalue weighted by molar-refractivity contribution is 7.62. The zero-order valence-electron chi connectivity index (χ0n) is 19.0. The third-order valence-electron chi connectivity index (χ3n) is 6.03. The first kappa shape index (κ1) is 24.1. The summed E-state index contributed by atoms with van der Waals surface area (Å²) in [7, 11) is -0.375. The molecular formula is C23H39O3P. The van der Waals surface area contributed by atoms with Crippen molar-refractivity contribution in [3.63, 3.8) is 0 Å². The molecule has 1 fully saturated rings. The maximum Gasteiger partial charge on any atom is 0.317 e. The van der Waals surface area contributed by atoms with Crippen molar-refractivity contribution in [2.45, 2.75) is 80.3 Å². The predicted molar refractivity (Wildman–Crippen MR) is 116 cm³/mol. The first-order chi connectivity index (χ1) is 12.2. The summed E-state index contributed by atoms with van der Waals surface area (Å²) in [4.78, 5) is 23.8. The lowest BCUT2D eigenvalue weighted by Crippen LogP contribution is -2.30. The van der Waals surface area contributed by atoms with E-state index in [-0.39, 0.29) is 42.7 Å². The predicted octanol–water partition coefficient (Wildman–Crippen LogP) is 6.52. The number of carbonyl (C=O) groups is 2. The number of allylic oxidation sites excluding steroid dienone is 4. The minimum Gasteiger partial charge on any atom is -0.393 e. The average molecular weight is 395 g/mol. The molecule has 1 saturated heterocycles. The van der Waals surface area contributed by atoms with E-state index in [1.54, 1.807) is 0 Å². The Morgan fingerprint density at radius 2 is 1.74 bits per heavy atom. The Bertz CT molecular complexity index is 620. The second-order valence-corrected chi connectivity index (χ2v) is 13.0. The molecule has 0 amide bonds. The van der Waals surface area contributed by atoms with Gasteiger partial charge in [-0.05, 0) is 49.3 Å². The zero-order chi connectivity index (χ0) is 21.2. The number of ether oxygens (including phenoxy) is 1. The van der Waals surface area contributed by atoms with Crippen molar-refractivity contribution >= 4 is 19.9 Å². The third kappa shape index (κ3) is 6.56. The fraction of sp³-hybridized carbons (Fsp3) is 0.739. The summed E-state index contributed by atoms with van der Waals surface area (Å²) in [5.41, 5.74) is 1.33. The Kier molecular flexibility index (Phi) is 8.06. The monoisotopic (exact) mass is 394 g/mol. The van der Waals surface area contributed by atoms with Gasteiger partial charge in [0, 0.05) is 0 Å². The number of cyclic esters (lactones) is 2. The topological polar surface area (TPSA) is 43.4 Å². The fourth-order valence-electron chi connectivity index (χ4n) is 3.37. The Morgan fingerprint density at radius 1 is 1.19 bits per heavy atom. The van der Waals surface area contributed by atoms with Gasteiger partial charge in [-0.15, -0.1) is 0 Å². The Balaban J connectivity index is 3.08. The highest BCUT2D eigenvalue weighted by Gasteiger charge is 2.43. The summed E-state index contributed by atoms with van der Waals surface area (Å²) in [6.07, 6.45) is 5.89. The molecule has 1 aliphatic rings. The molecule has 0 radical (unpaired) electrons. The Morgan fingerprint density at radius 3 is 2.15 bits per heavy atom. The summed E-state index contributed by atoms with van der Waals surface area (Å²) in [6, 6.07) is 0. The molecule has 4 heteroatoms. The average Bonchev–Trinajstić information content (AvgIpc) is 2.86. The molecule has 0 bridgehead atoms. The number of rotatable bonds is 7. The smallest absolute Gasteiger partial charge is 0.317 e. The van der Waals surface area contributed by atoms with Crippen LogP contribution in [0.2, 0.25) is 0 Å². The highest BCUT2D eigenvalue weighted by atomic mass is 31.1. The van der Waals surface area contributed by atoms with Crippen LogP contribution in [0.3, 0.4) is 0 Å². The fourth-order valence-corrected chi connectivity index (χ4v) is 5.07.